The van der Waals surface area contributed by atoms with Crippen LogP contribution in [0.5, 0.6) is 0 Å². The Bertz CT molecular complexity index is 1390. The minimum atomic E-state index is -4.96. The summed E-state index contributed by atoms with van der Waals surface area (Å²) in [5.74, 6) is -3.21. The molecular weight excluding hydrogens is 549 g/mol. The van der Waals surface area contributed by atoms with Crippen molar-refractivity contribution in [2.24, 2.45) is 0 Å². The van der Waals surface area contributed by atoms with Crippen molar-refractivity contribution in [1.29, 1.82) is 0 Å². The van der Waals surface area contributed by atoms with Crippen LogP contribution in [0.4, 0.5) is 17.6 Å². The molecule has 0 radical (unpaired) electrons. The van der Waals surface area contributed by atoms with Gasteiger partial charge in [-0.05, 0) is 41.0 Å². The van der Waals surface area contributed by atoms with Gasteiger partial charge in [0.15, 0.2) is 21.4 Å². The van der Waals surface area contributed by atoms with Crippen molar-refractivity contribution < 1.29 is 40.3 Å². The zero-order chi connectivity index (χ0) is 26.6. The first kappa shape index (κ1) is 26.6. The molecule has 4 rings (SSSR count). The number of halogens is 6. The average Bonchev–Trinajstić information content (AvgIpc) is 3.11. The summed E-state index contributed by atoms with van der Waals surface area (Å²) in [6.45, 7) is 0.293. The van der Waals surface area contributed by atoms with E-state index in [-0.39, 0.29) is 25.3 Å². The number of ketones is 1. The normalized spacial score (nSPS) is 17.2. The van der Waals surface area contributed by atoms with Crippen LogP contribution >= 0.6 is 23.2 Å². The SMILES string of the molecule is CS(=O)(=O)CC(=O)N1CC2(C1)OCc1cc(C(=O)/C=C(/c3cc(Cl)c(F)c(Cl)c3)C(F)(F)F)ccc12. The Hall–Kier alpha value is -2.47. The number of carbonyl (C=O) groups is 2. The highest BCUT2D eigenvalue weighted by atomic mass is 35.5. The first-order valence-electron chi connectivity index (χ1n) is 10.3. The van der Waals surface area contributed by atoms with Crippen LogP contribution in [0.15, 0.2) is 36.4 Å². The Balaban J connectivity index is 1.58. The number of allylic oxidation sites excluding steroid dienone is 2. The third-order valence-electron chi connectivity index (χ3n) is 5.89. The number of hydrogen-bond acceptors (Lipinski definition) is 5. The van der Waals surface area contributed by atoms with E-state index in [0.29, 0.717) is 17.2 Å². The van der Waals surface area contributed by atoms with Crippen molar-refractivity contribution in [2.45, 2.75) is 18.4 Å². The highest BCUT2D eigenvalue weighted by molar-refractivity contribution is 7.91. The fraction of sp³-hybridized carbons (Fsp3) is 0.304. The van der Waals surface area contributed by atoms with Crippen LogP contribution < -0.4 is 0 Å². The summed E-state index contributed by atoms with van der Waals surface area (Å²) in [4.78, 5) is 26.2. The summed E-state index contributed by atoms with van der Waals surface area (Å²) in [6.07, 6.45) is -3.61. The van der Waals surface area contributed by atoms with Crippen molar-refractivity contribution >= 4 is 50.3 Å². The molecule has 0 bridgehead atoms. The van der Waals surface area contributed by atoms with Crippen molar-refractivity contribution in [1.82, 2.24) is 4.90 Å². The van der Waals surface area contributed by atoms with Crippen LogP contribution in [-0.4, -0.2) is 56.3 Å². The van der Waals surface area contributed by atoms with Crippen LogP contribution in [-0.2, 0) is 31.6 Å². The fourth-order valence-corrected chi connectivity index (χ4v) is 5.30. The number of amides is 1. The number of hydrogen-bond donors (Lipinski definition) is 0. The number of ether oxygens (including phenoxy) is 1. The maximum atomic E-state index is 13.7. The van der Waals surface area contributed by atoms with Crippen LogP contribution in [0, 0.1) is 5.82 Å². The van der Waals surface area contributed by atoms with Gasteiger partial charge in [-0.25, -0.2) is 12.8 Å². The second kappa shape index (κ2) is 9.13. The highest BCUT2D eigenvalue weighted by Crippen LogP contribution is 2.44. The molecule has 2 heterocycles. The molecule has 2 aromatic carbocycles. The largest absolute Gasteiger partial charge is 0.417 e. The Morgan fingerprint density at radius 2 is 1.72 bits per heavy atom. The van der Waals surface area contributed by atoms with Crippen molar-refractivity contribution in [2.75, 3.05) is 25.1 Å². The number of carbonyl (C=O) groups excluding carboxylic acids is 2. The van der Waals surface area contributed by atoms with E-state index in [9.17, 15) is 35.6 Å². The molecule has 0 aromatic heterocycles. The van der Waals surface area contributed by atoms with Gasteiger partial charge in [-0.15, -0.1) is 0 Å². The standard InChI is InChI=1S/C23H17Cl2F4NO5S/c1-36(33,34)9-20(32)30-10-22(11-30)15-3-2-12(4-14(15)8-35-22)19(31)7-16(23(27,28)29)13-5-17(24)21(26)18(25)6-13/h2-7H,8-11H2,1H3/b16-7-. The number of fused-ring (bicyclic) bond motifs is 2. The minimum absolute atomic E-state index is 0.0419. The van der Waals surface area contributed by atoms with Gasteiger partial charge in [-0.2, -0.15) is 13.2 Å². The number of nitrogens with zero attached hydrogens (tertiary/aromatic N) is 1. The summed E-state index contributed by atoms with van der Waals surface area (Å²) in [5.41, 5.74) is -1.59. The van der Waals surface area contributed by atoms with Gasteiger partial charge in [0, 0.05) is 11.8 Å². The van der Waals surface area contributed by atoms with E-state index < -0.39 is 66.1 Å². The third-order valence-corrected chi connectivity index (χ3v) is 7.21. The van der Waals surface area contributed by atoms with E-state index in [1.807, 2.05) is 0 Å². The fourth-order valence-electron chi connectivity index (χ4n) is 4.18. The number of sulfone groups is 1. The second-order valence-electron chi connectivity index (χ2n) is 8.65. The van der Waals surface area contributed by atoms with Crippen molar-refractivity contribution in [3.05, 3.63) is 74.5 Å². The molecule has 6 nitrogen and oxygen atoms in total. The number of likely N-dealkylation sites (tertiary alicyclic amines) is 1. The van der Waals surface area contributed by atoms with Gasteiger partial charge in [-0.3, -0.25) is 9.59 Å². The van der Waals surface area contributed by atoms with Crippen LogP contribution in [0.3, 0.4) is 0 Å². The molecule has 13 heteroatoms. The summed E-state index contributed by atoms with van der Waals surface area (Å²) in [7, 11) is -3.49. The molecule has 36 heavy (non-hydrogen) atoms. The molecule has 1 saturated heterocycles. The van der Waals surface area contributed by atoms with E-state index in [1.165, 1.54) is 17.0 Å². The van der Waals surface area contributed by atoms with Crippen LogP contribution in [0.2, 0.25) is 10.0 Å². The molecule has 1 spiro atoms. The number of alkyl halides is 3. The monoisotopic (exact) mass is 565 g/mol. The predicted octanol–water partition coefficient (Wildman–Crippen LogP) is 4.57. The summed E-state index contributed by atoms with van der Waals surface area (Å²) in [6, 6.07) is 5.77. The van der Waals surface area contributed by atoms with Gasteiger partial charge in [0.2, 0.25) is 5.91 Å². The van der Waals surface area contributed by atoms with E-state index >= 15 is 0 Å². The van der Waals surface area contributed by atoms with E-state index in [2.05, 4.69) is 0 Å². The Morgan fingerprint density at radius 1 is 1.11 bits per heavy atom. The molecule has 0 aliphatic carbocycles. The molecule has 1 amide bonds. The lowest BCUT2D eigenvalue weighted by Crippen LogP contribution is -2.62. The average molecular weight is 566 g/mol. The summed E-state index contributed by atoms with van der Waals surface area (Å²) >= 11 is 11.3. The Morgan fingerprint density at radius 3 is 2.28 bits per heavy atom. The zero-order valence-corrected chi connectivity index (χ0v) is 20.8. The predicted molar refractivity (Wildman–Crippen MR) is 124 cm³/mol. The summed E-state index contributed by atoms with van der Waals surface area (Å²) in [5, 5.41) is -1.24. The lowest BCUT2D eigenvalue weighted by atomic mass is 9.84. The Labute approximate surface area is 213 Å². The quantitative estimate of drug-likeness (QED) is 0.229. The molecule has 2 aliphatic rings. The summed E-state index contributed by atoms with van der Waals surface area (Å²) < 4.78 is 83.4. The van der Waals surface area contributed by atoms with Crippen molar-refractivity contribution in [3.8, 4) is 0 Å². The molecule has 0 atom stereocenters. The van der Waals surface area contributed by atoms with Gasteiger partial charge < -0.3 is 9.64 Å². The maximum absolute atomic E-state index is 13.7. The van der Waals surface area contributed by atoms with Gasteiger partial charge in [0.05, 0.1) is 35.3 Å². The van der Waals surface area contributed by atoms with E-state index in [4.69, 9.17) is 27.9 Å². The van der Waals surface area contributed by atoms with Gasteiger partial charge in [0.1, 0.15) is 11.4 Å². The van der Waals surface area contributed by atoms with E-state index in [0.717, 1.165) is 18.4 Å². The van der Waals surface area contributed by atoms with Gasteiger partial charge >= 0.3 is 6.18 Å². The number of benzene rings is 2. The first-order chi connectivity index (χ1) is 16.6. The first-order valence-corrected chi connectivity index (χ1v) is 13.1. The molecule has 0 N–H and O–H groups in total. The maximum Gasteiger partial charge on any atom is 0.417 e. The van der Waals surface area contributed by atoms with Crippen LogP contribution in [0.1, 0.15) is 27.0 Å². The molecule has 2 aliphatic heterocycles. The van der Waals surface area contributed by atoms with Crippen molar-refractivity contribution in [3.63, 3.8) is 0 Å². The minimum Gasteiger partial charge on any atom is -0.362 e. The third kappa shape index (κ3) is 5.15. The molecule has 192 valence electrons. The lowest BCUT2D eigenvalue weighted by Gasteiger charge is -2.47. The molecule has 2 aromatic rings. The lowest BCUT2D eigenvalue weighted by molar-refractivity contribution is -0.166. The smallest absolute Gasteiger partial charge is 0.362 e. The molecule has 1 fully saturated rings. The van der Waals surface area contributed by atoms with E-state index in [1.54, 1.807) is 6.07 Å². The molecule has 0 unspecified atom stereocenters. The van der Waals surface area contributed by atoms with Crippen LogP contribution in [0.25, 0.3) is 5.57 Å². The molecular formula is C23H17Cl2F4NO5S. The molecule has 0 saturated carbocycles. The number of rotatable bonds is 5. The van der Waals surface area contributed by atoms with Gasteiger partial charge in [-0.1, -0.05) is 35.3 Å². The highest BCUT2D eigenvalue weighted by Gasteiger charge is 2.51. The second-order valence-corrected chi connectivity index (χ2v) is 11.6. The van der Waals surface area contributed by atoms with Gasteiger partial charge in [0.25, 0.3) is 0 Å². The Kier molecular flexibility index (Phi) is 6.74. The zero-order valence-electron chi connectivity index (χ0n) is 18.5. The topological polar surface area (TPSA) is 80.8 Å².